The Morgan fingerprint density at radius 2 is 1.67 bits per heavy atom. The van der Waals surface area contributed by atoms with Crippen molar-refractivity contribution in [2.75, 3.05) is 0 Å². The minimum atomic E-state index is 0.439. The average molecular weight is 291 g/mol. The van der Waals surface area contributed by atoms with Crippen LogP contribution in [0.4, 0.5) is 0 Å². The van der Waals surface area contributed by atoms with Crippen LogP contribution < -0.4 is 0 Å². The molecule has 0 aliphatic heterocycles. The van der Waals surface area contributed by atoms with Gasteiger partial charge in [0.25, 0.3) is 0 Å². The van der Waals surface area contributed by atoms with Crippen LogP contribution in [0.5, 0.6) is 0 Å². The minimum Gasteiger partial charge on any atom is -0.0990 e. The third kappa shape index (κ3) is 3.57. The quantitative estimate of drug-likeness (QED) is 0.469. The summed E-state index contributed by atoms with van der Waals surface area (Å²) in [6.45, 7) is 16.8. The third-order valence-electron chi connectivity index (χ3n) is 6.91. The second-order valence-corrected chi connectivity index (χ2v) is 8.73. The van der Waals surface area contributed by atoms with Crippen LogP contribution in [0.3, 0.4) is 0 Å². The summed E-state index contributed by atoms with van der Waals surface area (Å²) in [5.41, 5.74) is 2.07. The van der Waals surface area contributed by atoms with E-state index < -0.39 is 0 Å². The zero-order chi connectivity index (χ0) is 15.6. The molecule has 2 rings (SSSR count). The molecule has 122 valence electrons. The number of hydrogen-bond donors (Lipinski definition) is 0. The van der Waals surface area contributed by atoms with E-state index in [1.165, 1.54) is 51.4 Å². The van der Waals surface area contributed by atoms with Crippen molar-refractivity contribution in [3.8, 4) is 0 Å². The van der Waals surface area contributed by atoms with Gasteiger partial charge in [-0.1, -0.05) is 72.5 Å². The molecular weight excluding hydrogens is 252 g/mol. The van der Waals surface area contributed by atoms with Crippen LogP contribution in [0.25, 0.3) is 0 Å². The Morgan fingerprint density at radius 3 is 2.24 bits per heavy atom. The summed E-state index contributed by atoms with van der Waals surface area (Å²) in [5.74, 6) is 4.52. The van der Waals surface area contributed by atoms with E-state index in [-0.39, 0.29) is 0 Å². The summed E-state index contributed by atoms with van der Waals surface area (Å²) in [4.78, 5) is 0. The van der Waals surface area contributed by atoms with Gasteiger partial charge >= 0.3 is 0 Å². The fourth-order valence-corrected chi connectivity index (χ4v) is 5.53. The molecule has 5 unspecified atom stereocenters. The topological polar surface area (TPSA) is 0 Å². The standard InChI is InChI=1S/C21H38/c1-7-9-18(10-8-2)13-21(6)14-19-11-15(3)16(4)12-20(19)17(21)5/h15-16,18-20H,5,7-14H2,1-4,6H3. The number of fused-ring (bicyclic) bond motifs is 1. The Kier molecular flexibility index (Phi) is 5.60. The van der Waals surface area contributed by atoms with E-state index in [0.29, 0.717) is 5.41 Å². The third-order valence-corrected chi connectivity index (χ3v) is 6.91. The molecule has 0 saturated heterocycles. The summed E-state index contributed by atoms with van der Waals surface area (Å²) in [7, 11) is 0. The smallest absolute Gasteiger partial charge is 0.0111 e. The fraction of sp³-hybridized carbons (Fsp3) is 0.905. The lowest BCUT2D eigenvalue weighted by atomic mass is 9.70. The normalized spacial score (nSPS) is 39.8. The van der Waals surface area contributed by atoms with Crippen molar-refractivity contribution >= 4 is 0 Å². The van der Waals surface area contributed by atoms with E-state index in [1.54, 1.807) is 5.57 Å². The highest BCUT2D eigenvalue weighted by Crippen LogP contribution is 2.59. The maximum absolute atomic E-state index is 4.62. The van der Waals surface area contributed by atoms with Gasteiger partial charge in [-0.15, -0.1) is 0 Å². The molecule has 2 fully saturated rings. The van der Waals surface area contributed by atoms with Gasteiger partial charge < -0.3 is 0 Å². The SMILES string of the molecule is C=C1C2CC(C)C(C)CC2CC1(C)CC(CCC)CCC. The van der Waals surface area contributed by atoms with E-state index in [2.05, 4.69) is 41.2 Å². The summed E-state index contributed by atoms with van der Waals surface area (Å²) in [5, 5.41) is 0. The largest absolute Gasteiger partial charge is 0.0990 e. The van der Waals surface area contributed by atoms with Crippen LogP contribution in [0, 0.1) is 35.0 Å². The first-order valence-corrected chi connectivity index (χ1v) is 9.60. The van der Waals surface area contributed by atoms with E-state index in [9.17, 15) is 0 Å². The van der Waals surface area contributed by atoms with Gasteiger partial charge in [0, 0.05) is 0 Å². The Morgan fingerprint density at radius 1 is 1.10 bits per heavy atom. The van der Waals surface area contributed by atoms with Crippen molar-refractivity contribution in [3.63, 3.8) is 0 Å². The molecule has 0 radical (unpaired) electrons. The molecule has 0 amide bonds. The Labute approximate surface area is 133 Å². The van der Waals surface area contributed by atoms with Crippen molar-refractivity contribution < 1.29 is 0 Å². The molecule has 5 atom stereocenters. The van der Waals surface area contributed by atoms with Gasteiger partial charge in [-0.25, -0.2) is 0 Å². The van der Waals surface area contributed by atoms with Crippen LogP contribution in [0.1, 0.15) is 86.0 Å². The summed E-state index contributed by atoms with van der Waals surface area (Å²) < 4.78 is 0. The molecular formula is C21H38. The van der Waals surface area contributed by atoms with Crippen LogP contribution in [-0.4, -0.2) is 0 Å². The fourth-order valence-electron chi connectivity index (χ4n) is 5.53. The lowest BCUT2D eigenvalue weighted by Gasteiger charge is -2.35. The van der Waals surface area contributed by atoms with Crippen molar-refractivity contribution in [1.82, 2.24) is 0 Å². The molecule has 2 aliphatic carbocycles. The molecule has 2 saturated carbocycles. The lowest BCUT2D eigenvalue weighted by Crippen LogP contribution is -2.26. The van der Waals surface area contributed by atoms with Gasteiger partial charge in [0.05, 0.1) is 0 Å². The molecule has 0 aromatic rings. The molecule has 0 N–H and O–H groups in total. The molecule has 2 aliphatic rings. The van der Waals surface area contributed by atoms with Gasteiger partial charge in [0.1, 0.15) is 0 Å². The van der Waals surface area contributed by atoms with Crippen LogP contribution >= 0.6 is 0 Å². The highest BCUT2D eigenvalue weighted by atomic mass is 14.5. The zero-order valence-corrected chi connectivity index (χ0v) is 15.3. The second kappa shape index (κ2) is 6.88. The monoisotopic (exact) mass is 290 g/mol. The Hall–Kier alpha value is -0.260. The van der Waals surface area contributed by atoms with Gasteiger partial charge in [-0.2, -0.15) is 0 Å². The van der Waals surface area contributed by atoms with Gasteiger partial charge in [0.15, 0.2) is 0 Å². The predicted molar refractivity (Wildman–Crippen MR) is 94.3 cm³/mol. The minimum absolute atomic E-state index is 0.439. The highest BCUT2D eigenvalue weighted by Gasteiger charge is 2.48. The molecule has 0 bridgehead atoms. The molecule has 21 heavy (non-hydrogen) atoms. The first-order chi connectivity index (χ1) is 9.91. The van der Waals surface area contributed by atoms with Crippen LogP contribution in [0.2, 0.25) is 0 Å². The van der Waals surface area contributed by atoms with Crippen molar-refractivity contribution in [1.29, 1.82) is 0 Å². The van der Waals surface area contributed by atoms with E-state index >= 15 is 0 Å². The number of allylic oxidation sites excluding steroid dienone is 1. The Balaban J connectivity index is 2.07. The van der Waals surface area contributed by atoms with Crippen LogP contribution in [-0.2, 0) is 0 Å². The number of rotatable bonds is 6. The molecule has 0 aromatic carbocycles. The Bertz CT molecular complexity index is 349. The first kappa shape index (κ1) is 17.1. The lowest BCUT2D eigenvalue weighted by molar-refractivity contribution is 0.165. The average Bonchev–Trinajstić information content (AvgIpc) is 2.64. The predicted octanol–water partition coefficient (Wildman–Crippen LogP) is 6.86. The van der Waals surface area contributed by atoms with Crippen LogP contribution in [0.15, 0.2) is 12.2 Å². The summed E-state index contributed by atoms with van der Waals surface area (Å²) in [6, 6.07) is 0. The second-order valence-electron chi connectivity index (χ2n) is 8.73. The molecule has 0 heterocycles. The summed E-state index contributed by atoms with van der Waals surface area (Å²) in [6.07, 6.45) is 11.2. The maximum Gasteiger partial charge on any atom is -0.0111 e. The maximum atomic E-state index is 4.62. The summed E-state index contributed by atoms with van der Waals surface area (Å²) >= 11 is 0. The molecule has 0 aromatic heterocycles. The first-order valence-electron chi connectivity index (χ1n) is 9.60. The zero-order valence-electron chi connectivity index (χ0n) is 15.3. The molecule has 0 nitrogen and oxygen atoms in total. The molecule has 0 heteroatoms. The molecule has 0 spiro atoms. The van der Waals surface area contributed by atoms with E-state index in [4.69, 9.17) is 0 Å². The van der Waals surface area contributed by atoms with E-state index in [0.717, 1.165) is 29.6 Å². The van der Waals surface area contributed by atoms with Gasteiger partial charge in [-0.05, 0) is 60.7 Å². The van der Waals surface area contributed by atoms with Crippen molar-refractivity contribution in [3.05, 3.63) is 12.2 Å². The highest BCUT2D eigenvalue weighted by molar-refractivity contribution is 5.22. The van der Waals surface area contributed by atoms with E-state index in [1.807, 2.05) is 0 Å². The van der Waals surface area contributed by atoms with Crippen molar-refractivity contribution in [2.45, 2.75) is 86.0 Å². The number of hydrogen-bond acceptors (Lipinski definition) is 0. The van der Waals surface area contributed by atoms with Gasteiger partial charge in [0.2, 0.25) is 0 Å². The van der Waals surface area contributed by atoms with Gasteiger partial charge in [-0.3, -0.25) is 0 Å². The van der Waals surface area contributed by atoms with Crippen molar-refractivity contribution in [2.24, 2.45) is 35.0 Å².